The molecule has 1 N–H and O–H groups in total. The fourth-order valence-corrected chi connectivity index (χ4v) is 6.29. The molecule has 0 saturated heterocycles. The average Bonchev–Trinajstić information content (AvgIpc) is 3.85. The fraction of sp³-hybridized carbons (Fsp3) is 0.0256. The number of imidazole rings is 1. The third-order valence-electron chi connectivity index (χ3n) is 8.44. The van der Waals surface area contributed by atoms with Gasteiger partial charge < -0.3 is 9.72 Å². The molecule has 230 valence electrons. The van der Waals surface area contributed by atoms with Gasteiger partial charge in [0.1, 0.15) is 16.8 Å². The van der Waals surface area contributed by atoms with Crippen LogP contribution in [0.25, 0.3) is 33.5 Å². The van der Waals surface area contributed by atoms with E-state index in [1.54, 1.807) is 24.4 Å². The maximum absolute atomic E-state index is 13.0. The number of nitrogens with zero attached hydrogens (tertiary/aromatic N) is 6. The smallest absolute Gasteiger partial charge is 0.364 e. The second-order valence-corrected chi connectivity index (χ2v) is 11.1. The Balaban J connectivity index is 1.22. The van der Waals surface area contributed by atoms with Crippen molar-refractivity contribution in [2.75, 3.05) is 0 Å². The molecule has 5 aromatic carbocycles. The molecule has 0 aliphatic heterocycles. The van der Waals surface area contributed by atoms with Crippen LogP contribution in [0.4, 0.5) is 0 Å². The van der Waals surface area contributed by atoms with E-state index < -0.39 is 11.5 Å². The number of pyridine rings is 1. The number of benzene rings is 5. The Morgan fingerprint density at radius 3 is 1.85 bits per heavy atom. The van der Waals surface area contributed by atoms with E-state index in [9.17, 15) is 4.79 Å². The quantitative estimate of drug-likeness (QED) is 0.107. The van der Waals surface area contributed by atoms with Crippen LogP contribution in [0.3, 0.4) is 0 Å². The Morgan fingerprint density at radius 1 is 0.646 bits per heavy atom. The van der Waals surface area contributed by atoms with Gasteiger partial charge in [-0.15, -0.1) is 5.10 Å². The second kappa shape index (κ2) is 12.2. The zero-order valence-corrected chi connectivity index (χ0v) is 25.5. The van der Waals surface area contributed by atoms with E-state index in [0.717, 1.165) is 33.4 Å². The number of carbonyl (C=O) groups is 1. The van der Waals surface area contributed by atoms with Crippen LogP contribution in [-0.2, 0) is 5.54 Å². The molecule has 8 aromatic rings. The molecule has 0 radical (unpaired) electrons. The van der Waals surface area contributed by atoms with Gasteiger partial charge in [0, 0.05) is 11.8 Å². The van der Waals surface area contributed by atoms with Crippen LogP contribution < -0.4 is 4.74 Å². The summed E-state index contributed by atoms with van der Waals surface area (Å²) in [5.74, 6) is 0.395. The van der Waals surface area contributed by atoms with Crippen molar-refractivity contribution in [3.05, 3.63) is 181 Å². The Kier molecular flexibility index (Phi) is 7.31. The number of carbonyl (C=O) groups excluding carboxylic acids is 1. The van der Waals surface area contributed by atoms with Crippen molar-refractivity contribution in [3.63, 3.8) is 0 Å². The van der Waals surface area contributed by atoms with E-state index >= 15 is 0 Å². The molecule has 0 saturated carbocycles. The molecule has 3 heterocycles. The first-order valence-electron chi connectivity index (χ1n) is 15.4. The van der Waals surface area contributed by atoms with Gasteiger partial charge in [-0.2, -0.15) is 0 Å². The summed E-state index contributed by atoms with van der Waals surface area (Å²) in [6.45, 7) is 0. The standard InChI is InChI=1S/C39H27N7O2/c47-38(36-35-34(24-25-40-36)41-26-42-35)48-31-22-20-27(21-23-31)32-18-10-11-19-33(32)37-43-44-45-46(37)39(28-12-4-1-5-13-28,29-14-6-2-7-15-29)30-16-8-3-9-17-30/h1-26H,(H,41,42). The lowest BCUT2D eigenvalue weighted by atomic mass is 9.77. The largest absolute Gasteiger partial charge is 0.422 e. The molecule has 0 fully saturated rings. The van der Waals surface area contributed by atoms with Crippen molar-refractivity contribution < 1.29 is 9.53 Å². The van der Waals surface area contributed by atoms with Crippen LogP contribution in [0.5, 0.6) is 5.75 Å². The highest BCUT2D eigenvalue weighted by Gasteiger charge is 2.42. The minimum absolute atomic E-state index is 0.147. The summed E-state index contributed by atoms with van der Waals surface area (Å²) in [5.41, 5.74) is 6.13. The minimum Gasteiger partial charge on any atom is -0.422 e. The van der Waals surface area contributed by atoms with Gasteiger partial charge in [-0.3, -0.25) is 0 Å². The molecule has 0 amide bonds. The SMILES string of the molecule is O=C(Oc1ccc(-c2ccccc2-c2nnnn2C(c2ccccc2)(c2ccccc2)c2ccccc2)cc1)c1nccc2[nH]cnc12. The number of hydrogen-bond donors (Lipinski definition) is 1. The van der Waals surface area contributed by atoms with E-state index in [1.165, 1.54) is 6.33 Å². The topological polar surface area (TPSA) is 111 Å². The first-order chi connectivity index (χ1) is 23.7. The molecule has 0 aliphatic rings. The Hall–Kier alpha value is -6.74. The Labute approximate surface area is 275 Å². The Bertz CT molecular complexity index is 2240. The van der Waals surface area contributed by atoms with Crippen LogP contribution in [0.15, 0.2) is 158 Å². The predicted molar refractivity (Wildman–Crippen MR) is 182 cm³/mol. The number of aromatic nitrogens is 7. The van der Waals surface area contributed by atoms with Crippen molar-refractivity contribution in [1.82, 2.24) is 35.2 Å². The molecule has 0 spiro atoms. The maximum Gasteiger partial charge on any atom is 0.364 e. The lowest BCUT2D eigenvalue weighted by molar-refractivity contribution is 0.0730. The number of hydrogen-bond acceptors (Lipinski definition) is 7. The molecule has 0 aliphatic carbocycles. The number of esters is 1. The highest BCUT2D eigenvalue weighted by atomic mass is 16.5. The summed E-state index contributed by atoms with van der Waals surface area (Å²) in [7, 11) is 0. The molecular weight excluding hydrogens is 598 g/mol. The summed E-state index contributed by atoms with van der Waals surface area (Å²) >= 11 is 0. The molecule has 0 bridgehead atoms. The van der Waals surface area contributed by atoms with Crippen molar-refractivity contribution in [3.8, 4) is 28.3 Å². The third kappa shape index (κ3) is 4.90. The summed E-state index contributed by atoms with van der Waals surface area (Å²) in [4.78, 5) is 24.4. The molecule has 9 nitrogen and oxygen atoms in total. The number of rotatable bonds is 8. The van der Waals surface area contributed by atoms with Crippen LogP contribution in [0.2, 0.25) is 0 Å². The average molecular weight is 626 g/mol. The summed E-state index contributed by atoms with van der Waals surface area (Å²) in [6, 6.07) is 48.0. The van der Waals surface area contributed by atoms with Gasteiger partial charge in [0.15, 0.2) is 11.5 Å². The van der Waals surface area contributed by atoms with Crippen molar-refractivity contribution >= 4 is 17.0 Å². The van der Waals surface area contributed by atoms with Gasteiger partial charge in [0.25, 0.3) is 0 Å². The number of aromatic amines is 1. The minimum atomic E-state index is -0.890. The molecule has 0 unspecified atom stereocenters. The third-order valence-corrected chi connectivity index (χ3v) is 8.44. The zero-order chi connectivity index (χ0) is 32.3. The van der Waals surface area contributed by atoms with Crippen LogP contribution in [0, 0.1) is 0 Å². The van der Waals surface area contributed by atoms with E-state index in [4.69, 9.17) is 9.95 Å². The fourth-order valence-electron chi connectivity index (χ4n) is 6.29. The van der Waals surface area contributed by atoms with Gasteiger partial charge in [-0.1, -0.05) is 127 Å². The Morgan fingerprint density at radius 2 is 1.23 bits per heavy atom. The number of nitrogens with one attached hydrogen (secondary N) is 1. The predicted octanol–water partition coefficient (Wildman–Crippen LogP) is 7.34. The van der Waals surface area contributed by atoms with Crippen molar-refractivity contribution in [2.45, 2.75) is 5.54 Å². The van der Waals surface area contributed by atoms with E-state index in [1.807, 2.05) is 95.7 Å². The molecule has 9 heteroatoms. The van der Waals surface area contributed by atoms with Gasteiger partial charge in [0.2, 0.25) is 0 Å². The summed E-state index contributed by atoms with van der Waals surface area (Å²) < 4.78 is 7.61. The highest BCUT2D eigenvalue weighted by Crippen LogP contribution is 2.43. The van der Waals surface area contributed by atoms with Crippen LogP contribution >= 0.6 is 0 Å². The van der Waals surface area contributed by atoms with Crippen LogP contribution in [0.1, 0.15) is 27.2 Å². The zero-order valence-electron chi connectivity index (χ0n) is 25.5. The second-order valence-electron chi connectivity index (χ2n) is 11.1. The number of tetrazole rings is 1. The molecular formula is C39H27N7O2. The van der Waals surface area contributed by atoms with Crippen LogP contribution in [-0.4, -0.2) is 41.1 Å². The highest BCUT2D eigenvalue weighted by molar-refractivity contribution is 6.00. The monoisotopic (exact) mass is 625 g/mol. The molecule has 3 aromatic heterocycles. The summed E-state index contributed by atoms with van der Waals surface area (Å²) in [5, 5.41) is 13.6. The lowest BCUT2D eigenvalue weighted by Gasteiger charge is -2.36. The molecule has 8 rings (SSSR count). The van der Waals surface area contributed by atoms with Gasteiger partial charge in [0.05, 0.1) is 11.8 Å². The maximum atomic E-state index is 13.0. The van der Waals surface area contributed by atoms with E-state index in [2.05, 4.69) is 61.7 Å². The van der Waals surface area contributed by atoms with Gasteiger partial charge in [-0.25, -0.2) is 19.4 Å². The van der Waals surface area contributed by atoms with Crippen molar-refractivity contribution in [2.24, 2.45) is 0 Å². The first-order valence-corrected chi connectivity index (χ1v) is 15.4. The normalized spacial score (nSPS) is 11.4. The number of fused-ring (bicyclic) bond motifs is 1. The molecule has 0 atom stereocenters. The van der Waals surface area contributed by atoms with E-state index in [0.29, 0.717) is 22.6 Å². The summed E-state index contributed by atoms with van der Waals surface area (Å²) in [6.07, 6.45) is 3.07. The number of H-pyrrole nitrogens is 1. The van der Waals surface area contributed by atoms with Crippen molar-refractivity contribution in [1.29, 1.82) is 0 Å². The lowest BCUT2D eigenvalue weighted by Crippen LogP contribution is -2.39. The molecule has 48 heavy (non-hydrogen) atoms. The van der Waals surface area contributed by atoms with E-state index in [-0.39, 0.29) is 5.69 Å². The first kappa shape index (κ1) is 28.7. The van der Waals surface area contributed by atoms with Gasteiger partial charge in [-0.05, 0) is 56.4 Å². The number of ether oxygens (including phenoxy) is 1. The van der Waals surface area contributed by atoms with Gasteiger partial charge >= 0.3 is 5.97 Å².